The Kier molecular flexibility index (Phi) is 6.21. The third-order valence-corrected chi connectivity index (χ3v) is 2.33. The number of amides is 1. The number of benzene rings is 1. The summed E-state index contributed by atoms with van der Waals surface area (Å²) in [5.41, 5.74) is 6.19. The average Bonchev–Trinajstić information content (AvgIpc) is 2.41. The van der Waals surface area contributed by atoms with Crippen molar-refractivity contribution < 1.29 is 19.1 Å². The first-order valence-electron chi connectivity index (χ1n) is 5.96. The minimum absolute atomic E-state index is 0.0837. The van der Waals surface area contributed by atoms with Gasteiger partial charge in [-0.2, -0.15) is 0 Å². The van der Waals surface area contributed by atoms with Crippen LogP contribution in [0.3, 0.4) is 0 Å². The Bertz CT molecular complexity index is 417. The first-order valence-corrected chi connectivity index (χ1v) is 5.96. The van der Waals surface area contributed by atoms with Crippen LogP contribution in [0.25, 0.3) is 0 Å². The Morgan fingerprint density at radius 1 is 1.16 bits per heavy atom. The Labute approximate surface area is 111 Å². The number of ether oxygens (including phenoxy) is 2. The number of anilines is 1. The average molecular weight is 266 g/mol. The van der Waals surface area contributed by atoms with Gasteiger partial charge < -0.3 is 20.5 Å². The molecule has 0 aliphatic carbocycles. The smallest absolute Gasteiger partial charge is 0.309 e. The fourth-order valence-corrected chi connectivity index (χ4v) is 1.27. The topological polar surface area (TPSA) is 90.6 Å². The lowest BCUT2D eigenvalue weighted by atomic mass is 10.3. The van der Waals surface area contributed by atoms with Gasteiger partial charge in [-0.3, -0.25) is 9.59 Å². The highest BCUT2D eigenvalue weighted by atomic mass is 16.5. The molecule has 0 atom stereocenters. The Morgan fingerprint density at radius 2 is 1.84 bits per heavy atom. The molecule has 19 heavy (non-hydrogen) atoms. The number of hydrogen-bond donors (Lipinski definition) is 2. The molecule has 0 fully saturated rings. The van der Waals surface area contributed by atoms with E-state index in [0.29, 0.717) is 11.4 Å². The van der Waals surface area contributed by atoms with E-state index in [4.69, 9.17) is 15.2 Å². The fourth-order valence-electron chi connectivity index (χ4n) is 1.27. The number of nitrogens with two attached hydrogens (primary N) is 1. The van der Waals surface area contributed by atoms with E-state index in [0.717, 1.165) is 0 Å². The number of nitrogens with one attached hydrogen (secondary N) is 1. The highest BCUT2D eigenvalue weighted by Crippen LogP contribution is 2.13. The summed E-state index contributed by atoms with van der Waals surface area (Å²) in [5, 5.41) is 2.44. The molecule has 0 unspecified atom stereocenters. The van der Waals surface area contributed by atoms with Crippen molar-refractivity contribution in [1.82, 2.24) is 5.32 Å². The van der Waals surface area contributed by atoms with Gasteiger partial charge in [-0.15, -0.1) is 0 Å². The van der Waals surface area contributed by atoms with Gasteiger partial charge in [0.2, 0.25) is 5.91 Å². The maximum atomic E-state index is 11.3. The minimum Gasteiger partial charge on any atom is -0.493 e. The van der Waals surface area contributed by atoms with E-state index in [1.54, 1.807) is 24.3 Å². The molecule has 6 nitrogen and oxygen atoms in total. The SMILES string of the molecule is CNC(=O)CCOC(=O)CCOc1ccc(N)cc1. The number of carbonyl (C=O) groups excluding carboxylic acids is 2. The maximum Gasteiger partial charge on any atom is 0.309 e. The maximum absolute atomic E-state index is 11.3. The predicted octanol–water partition coefficient (Wildman–Crippen LogP) is 0.717. The second kappa shape index (κ2) is 7.97. The number of nitrogen functional groups attached to an aromatic ring is 1. The molecule has 0 spiro atoms. The van der Waals surface area contributed by atoms with Crippen molar-refractivity contribution in [3.63, 3.8) is 0 Å². The number of esters is 1. The van der Waals surface area contributed by atoms with Gasteiger partial charge in [0, 0.05) is 12.7 Å². The van der Waals surface area contributed by atoms with Crippen molar-refractivity contribution in [2.75, 3.05) is 26.0 Å². The summed E-state index contributed by atoms with van der Waals surface area (Å²) in [7, 11) is 1.53. The van der Waals surface area contributed by atoms with E-state index in [9.17, 15) is 9.59 Å². The lowest BCUT2D eigenvalue weighted by Gasteiger charge is -2.07. The third-order valence-electron chi connectivity index (χ3n) is 2.33. The second-order valence-electron chi connectivity index (χ2n) is 3.81. The van der Waals surface area contributed by atoms with Crippen molar-refractivity contribution in [3.8, 4) is 5.75 Å². The molecule has 1 aromatic rings. The Hall–Kier alpha value is -2.24. The quantitative estimate of drug-likeness (QED) is 0.560. The highest BCUT2D eigenvalue weighted by Gasteiger charge is 2.05. The van der Waals surface area contributed by atoms with E-state index in [1.165, 1.54) is 7.05 Å². The van der Waals surface area contributed by atoms with Gasteiger partial charge >= 0.3 is 5.97 Å². The molecule has 6 heteroatoms. The van der Waals surface area contributed by atoms with E-state index in [1.807, 2.05) is 0 Å². The summed E-state index contributed by atoms with van der Waals surface area (Å²) in [4.78, 5) is 22.2. The third kappa shape index (κ3) is 6.30. The monoisotopic (exact) mass is 266 g/mol. The van der Waals surface area contributed by atoms with Gasteiger partial charge in [0.15, 0.2) is 0 Å². The van der Waals surface area contributed by atoms with Crippen LogP contribution < -0.4 is 15.8 Å². The second-order valence-corrected chi connectivity index (χ2v) is 3.81. The van der Waals surface area contributed by atoms with E-state index in [-0.39, 0.29) is 37.9 Å². The molecule has 104 valence electrons. The van der Waals surface area contributed by atoms with Gasteiger partial charge in [0.05, 0.1) is 19.4 Å². The number of rotatable bonds is 7. The molecule has 0 heterocycles. The van der Waals surface area contributed by atoms with Gasteiger partial charge in [-0.05, 0) is 24.3 Å². The predicted molar refractivity (Wildman–Crippen MR) is 70.6 cm³/mol. The van der Waals surface area contributed by atoms with Crippen molar-refractivity contribution in [3.05, 3.63) is 24.3 Å². The summed E-state index contributed by atoms with van der Waals surface area (Å²) in [6, 6.07) is 6.90. The zero-order valence-electron chi connectivity index (χ0n) is 10.8. The van der Waals surface area contributed by atoms with Crippen LogP contribution in [-0.2, 0) is 14.3 Å². The Morgan fingerprint density at radius 3 is 2.47 bits per heavy atom. The molecular formula is C13H18N2O4. The molecule has 0 saturated heterocycles. The number of hydrogen-bond acceptors (Lipinski definition) is 5. The van der Waals surface area contributed by atoms with Crippen LogP contribution in [0, 0.1) is 0 Å². The Balaban J connectivity index is 2.13. The zero-order valence-corrected chi connectivity index (χ0v) is 10.8. The number of carbonyl (C=O) groups is 2. The summed E-state index contributed by atoms with van der Waals surface area (Å²) < 4.78 is 10.2. The fraction of sp³-hybridized carbons (Fsp3) is 0.385. The van der Waals surface area contributed by atoms with Crippen LogP contribution in [0.4, 0.5) is 5.69 Å². The highest BCUT2D eigenvalue weighted by molar-refractivity contribution is 5.76. The lowest BCUT2D eigenvalue weighted by Crippen LogP contribution is -2.20. The van der Waals surface area contributed by atoms with Gasteiger partial charge in [0.1, 0.15) is 12.4 Å². The summed E-state index contributed by atoms with van der Waals surface area (Å²) >= 11 is 0. The lowest BCUT2D eigenvalue weighted by molar-refractivity contribution is -0.144. The first kappa shape index (κ1) is 14.8. The molecule has 0 bridgehead atoms. The zero-order chi connectivity index (χ0) is 14.1. The van der Waals surface area contributed by atoms with Crippen LogP contribution in [0.2, 0.25) is 0 Å². The largest absolute Gasteiger partial charge is 0.493 e. The van der Waals surface area contributed by atoms with E-state index in [2.05, 4.69) is 5.32 Å². The van der Waals surface area contributed by atoms with Crippen LogP contribution in [0.5, 0.6) is 5.75 Å². The molecule has 0 radical (unpaired) electrons. The van der Waals surface area contributed by atoms with Gasteiger partial charge in [0.25, 0.3) is 0 Å². The van der Waals surface area contributed by atoms with Crippen LogP contribution >= 0.6 is 0 Å². The van der Waals surface area contributed by atoms with E-state index < -0.39 is 0 Å². The van der Waals surface area contributed by atoms with Crippen molar-refractivity contribution in [2.45, 2.75) is 12.8 Å². The molecule has 1 rings (SSSR count). The standard InChI is InChI=1S/C13H18N2O4/c1-15-12(16)6-8-19-13(17)7-9-18-11-4-2-10(14)3-5-11/h2-5H,6-9,14H2,1H3,(H,15,16). The molecule has 0 saturated carbocycles. The van der Waals surface area contributed by atoms with Crippen LogP contribution in [-0.4, -0.2) is 32.1 Å². The summed E-state index contributed by atoms with van der Waals surface area (Å²) in [6.07, 6.45) is 0.305. The van der Waals surface area contributed by atoms with Crippen molar-refractivity contribution in [1.29, 1.82) is 0 Å². The molecule has 1 aromatic carbocycles. The van der Waals surface area contributed by atoms with Crippen molar-refractivity contribution >= 4 is 17.6 Å². The van der Waals surface area contributed by atoms with Crippen molar-refractivity contribution in [2.24, 2.45) is 0 Å². The summed E-state index contributed by atoms with van der Waals surface area (Å²) in [5.74, 6) is 0.0950. The first-order chi connectivity index (χ1) is 9.11. The molecule has 0 aliphatic heterocycles. The molecule has 3 N–H and O–H groups in total. The van der Waals surface area contributed by atoms with Gasteiger partial charge in [-0.25, -0.2) is 0 Å². The van der Waals surface area contributed by atoms with Crippen LogP contribution in [0.15, 0.2) is 24.3 Å². The molecule has 1 amide bonds. The van der Waals surface area contributed by atoms with Gasteiger partial charge in [-0.1, -0.05) is 0 Å². The van der Waals surface area contributed by atoms with E-state index >= 15 is 0 Å². The normalized spacial score (nSPS) is 9.74. The molecule has 0 aliphatic rings. The molecule has 0 aromatic heterocycles. The molecular weight excluding hydrogens is 248 g/mol. The summed E-state index contributed by atoms with van der Waals surface area (Å²) in [6.45, 7) is 0.309. The minimum atomic E-state index is -0.389. The van der Waals surface area contributed by atoms with Crippen LogP contribution in [0.1, 0.15) is 12.8 Å².